The summed E-state index contributed by atoms with van der Waals surface area (Å²) >= 11 is 0. The van der Waals surface area contributed by atoms with Crippen LogP contribution in [0.15, 0.2) is 18.6 Å². The molecule has 0 aliphatic heterocycles. The summed E-state index contributed by atoms with van der Waals surface area (Å²) in [5, 5.41) is 10.5. The first-order valence-electron chi connectivity index (χ1n) is 2.30. The van der Waals surface area contributed by atoms with Gasteiger partial charge < -0.3 is 5.21 Å². The topological polar surface area (TPSA) is 39.8 Å². The minimum absolute atomic E-state index is 0.667. The number of aryl methyl sites for hydroxylation is 1. The molecule has 0 radical (unpaired) electrons. The van der Waals surface area contributed by atoms with Crippen LogP contribution in [-0.2, 0) is 0 Å². The van der Waals surface area contributed by atoms with Gasteiger partial charge in [0.05, 0.1) is 0 Å². The van der Waals surface area contributed by atoms with Crippen LogP contribution in [0.2, 0.25) is 0 Å². The fraction of sp³-hybridized carbons (Fsp3) is 0.200. The predicted molar refractivity (Wildman–Crippen MR) is 27.9 cm³/mol. The number of hydrogen-bond acceptors (Lipinski definition) is 2. The van der Waals surface area contributed by atoms with Gasteiger partial charge in [-0.05, 0) is 6.92 Å². The van der Waals surface area contributed by atoms with Crippen molar-refractivity contribution in [2.45, 2.75) is 6.92 Å². The molecule has 0 fully saturated rings. The second-order valence-corrected chi connectivity index (χ2v) is 1.55. The number of nitrogens with zero attached hydrogens (tertiary/aromatic N) is 2. The van der Waals surface area contributed by atoms with Crippen molar-refractivity contribution in [1.29, 1.82) is 0 Å². The molecule has 0 aliphatic carbocycles. The Balaban J connectivity index is 3.13. The molecule has 1 heterocycles. The van der Waals surface area contributed by atoms with E-state index in [4.69, 9.17) is 0 Å². The first kappa shape index (κ1) is 5.03. The molecule has 1 aromatic rings. The van der Waals surface area contributed by atoms with Crippen molar-refractivity contribution < 1.29 is 4.73 Å². The van der Waals surface area contributed by atoms with Crippen LogP contribution in [0, 0.1) is 12.1 Å². The molecule has 42 valence electrons. The zero-order valence-corrected chi connectivity index (χ0v) is 4.53. The largest absolute Gasteiger partial charge is 0.711 e. The third-order valence-corrected chi connectivity index (χ3v) is 0.921. The van der Waals surface area contributed by atoms with Gasteiger partial charge in [-0.2, -0.15) is 0 Å². The van der Waals surface area contributed by atoms with E-state index in [9.17, 15) is 5.21 Å². The van der Waals surface area contributed by atoms with Crippen molar-refractivity contribution in [2.75, 3.05) is 0 Å². The highest BCUT2D eigenvalue weighted by atomic mass is 16.5. The van der Waals surface area contributed by atoms with Crippen molar-refractivity contribution in [3.05, 3.63) is 29.5 Å². The summed E-state index contributed by atoms with van der Waals surface area (Å²) in [7, 11) is 0. The molecule has 3 heteroatoms. The molecular formula is C5H6N2O. The Morgan fingerprint density at radius 2 is 2.50 bits per heavy atom. The average molecular weight is 110 g/mol. The van der Waals surface area contributed by atoms with Crippen LogP contribution in [0.3, 0.4) is 0 Å². The van der Waals surface area contributed by atoms with Crippen molar-refractivity contribution in [1.82, 2.24) is 4.98 Å². The summed E-state index contributed by atoms with van der Waals surface area (Å²) in [6, 6.07) is 1.66. The third-order valence-electron chi connectivity index (χ3n) is 0.921. The molecule has 0 amide bonds. The lowest BCUT2D eigenvalue weighted by Gasteiger charge is -1.99. The summed E-state index contributed by atoms with van der Waals surface area (Å²) < 4.78 is 0.722. The van der Waals surface area contributed by atoms with Crippen LogP contribution in [0.5, 0.6) is 0 Å². The highest BCUT2D eigenvalue weighted by Crippen LogP contribution is 1.80. The van der Waals surface area contributed by atoms with E-state index in [1.54, 1.807) is 19.2 Å². The smallest absolute Gasteiger partial charge is 0.289 e. The van der Waals surface area contributed by atoms with Gasteiger partial charge in [0.2, 0.25) is 0 Å². The molecule has 0 atom stereocenters. The molecule has 0 unspecified atom stereocenters. The minimum atomic E-state index is 0.667. The van der Waals surface area contributed by atoms with Gasteiger partial charge in [-0.15, -0.1) is 0 Å². The Morgan fingerprint density at radius 3 is 2.88 bits per heavy atom. The van der Waals surface area contributed by atoms with E-state index in [0.717, 1.165) is 4.73 Å². The lowest BCUT2D eigenvalue weighted by molar-refractivity contribution is -0.615. The van der Waals surface area contributed by atoms with Gasteiger partial charge in [0.25, 0.3) is 6.33 Å². The highest BCUT2D eigenvalue weighted by Gasteiger charge is 1.88. The lowest BCUT2D eigenvalue weighted by atomic mass is 10.5. The SMILES string of the molecule is Cc1ccnc[n+]1[O-]. The summed E-state index contributed by atoms with van der Waals surface area (Å²) in [5.74, 6) is 0. The Bertz CT molecular complexity index is 167. The maximum atomic E-state index is 10.5. The summed E-state index contributed by atoms with van der Waals surface area (Å²) in [5.41, 5.74) is 0.667. The van der Waals surface area contributed by atoms with E-state index in [-0.39, 0.29) is 0 Å². The predicted octanol–water partition coefficient (Wildman–Crippen LogP) is 0.0234. The molecule has 1 aromatic heterocycles. The second-order valence-electron chi connectivity index (χ2n) is 1.55. The van der Waals surface area contributed by atoms with E-state index >= 15 is 0 Å². The van der Waals surface area contributed by atoms with Gasteiger partial charge >= 0.3 is 0 Å². The van der Waals surface area contributed by atoms with Gasteiger partial charge in [0.15, 0.2) is 0 Å². The Morgan fingerprint density at radius 1 is 1.75 bits per heavy atom. The molecule has 0 aliphatic rings. The quantitative estimate of drug-likeness (QED) is 0.349. The standard InChI is InChI=1S/C5H6N2O/c1-5-2-3-6-4-7(5)8/h2-4H,1H3. The fourth-order valence-corrected chi connectivity index (χ4v) is 0.414. The van der Waals surface area contributed by atoms with Crippen LogP contribution in [0.25, 0.3) is 0 Å². The van der Waals surface area contributed by atoms with E-state index in [2.05, 4.69) is 4.98 Å². The average Bonchev–Trinajstić information content (AvgIpc) is 1.77. The summed E-state index contributed by atoms with van der Waals surface area (Å²) in [4.78, 5) is 3.60. The highest BCUT2D eigenvalue weighted by molar-refractivity contribution is 4.86. The molecule has 0 aromatic carbocycles. The van der Waals surface area contributed by atoms with E-state index in [1.165, 1.54) is 6.33 Å². The van der Waals surface area contributed by atoms with Crippen molar-refractivity contribution in [3.8, 4) is 0 Å². The Kier molecular flexibility index (Phi) is 1.12. The molecule has 1 rings (SSSR count). The molecule has 0 spiro atoms. The van der Waals surface area contributed by atoms with E-state index < -0.39 is 0 Å². The van der Waals surface area contributed by atoms with Crippen LogP contribution in [0.1, 0.15) is 5.69 Å². The Hall–Kier alpha value is -1.12. The first-order valence-corrected chi connectivity index (χ1v) is 2.30. The lowest BCUT2D eigenvalue weighted by Crippen LogP contribution is -2.29. The molecule has 3 nitrogen and oxygen atoms in total. The number of aromatic nitrogens is 2. The van der Waals surface area contributed by atoms with Gasteiger partial charge in [-0.3, -0.25) is 0 Å². The second kappa shape index (κ2) is 1.78. The van der Waals surface area contributed by atoms with Crippen LogP contribution in [0.4, 0.5) is 0 Å². The van der Waals surface area contributed by atoms with Crippen molar-refractivity contribution >= 4 is 0 Å². The van der Waals surface area contributed by atoms with Crippen molar-refractivity contribution in [3.63, 3.8) is 0 Å². The molecule has 0 N–H and O–H groups in total. The molecule has 0 saturated carbocycles. The summed E-state index contributed by atoms with van der Waals surface area (Å²) in [6.07, 6.45) is 2.82. The van der Waals surface area contributed by atoms with Crippen LogP contribution >= 0.6 is 0 Å². The van der Waals surface area contributed by atoms with Crippen molar-refractivity contribution in [2.24, 2.45) is 0 Å². The Labute approximate surface area is 47.2 Å². The third kappa shape index (κ3) is 0.753. The molecular weight excluding hydrogens is 104 g/mol. The number of rotatable bonds is 0. The molecule has 0 saturated heterocycles. The molecule has 0 bridgehead atoms. The maximum Gasteiger partial charge on any atom is 0.289 e. The van der Waals surface area contributed by atoms with Crippen LogP contribution in [-0.4, -0.2) is 4.98 Å². The minimum Gasteiger partial charge on any atom is -0.711 e. The van der Waals surface area contributed by atoms with Gasteiger partial charge in [-0.25, -0.2) is 4.73 Å². The molecule has 8 heavy (non-hydrogen) atoms. The van der Waals surface area contributed by atoms with Crippen LogP contribution < -0.4 is 4.73 Å². The zero-order chi connectivity index (χ0) is 5.98. The van der Waals surface area contributed by atoms with Gasteiger partial charge in [0.1, 0.15) is 11.9 Å². The first-order chi connectivity index (χ1) is 3.80. The zero-order valence-electron chi connectivity index (χ0n) is 4.53. The fourth-order valence-electron chi connectivity index (χ4n) is 0.414. The van der Waals surface area contributed by atoms with Gasteiger partial charge in [-0.1, -0.05) is 4.98 Å². The monoisotopic (exact) mass is 110 g/mol. The van der Waals surface area contributed by atoms with E-state index in [1.807, 2.05) is 0 Å². The summed E-state index contributed by atoms with van der Waals surface area (Å²) in [6.45, 7) is 1.73. The maximum absolute atomic E-state index is 10.5. The number of hydrogen-bond donors (Lipinski definition) is 0. The van der Waals surface area contributed by atoms with Gasteiger partial charge in [0, 0.05) is 6.07 Å². The normalized spacial score (nSPS) is 9.12. The van der Waals surface area contributed by atoms with E-state index in [0.29, 0.717) is 5.69 Å².